The van der Waals surface area contributed by atoms with Gasteiger partial charge >= 0.3 is 13.3 Å². The van der Waals surface area contributed by atoms with Crippen molar-refractivity contribution in [1.82, 2.24) is 9.80 Å². The average molecular weight is 775 g/mol. The minimum absolute atomic E-state index is 0.0944. The van der Waals surface area contributed by atoms with Crippen LogP contribution >= 0.6 is 0 Å². The maximum Gasteiger partial charge on any atom is 0.637 e. The standard InChI is InChI=1S/C38H71BN2O13/c1-15-27-38(10)33(53-39(46)54-38)24(6)41(13)19-20(2)17-36(8,45)32(52-35-29(42)26(40(11)12)16-21(3)48-35)22(4)30(23(5)34(44)50-27)51-28-18-37(9,47-14)31(43)25(7)49-28/h20-33,35,42-43,45-46H,15-19H2,1-14H3/t20-,21-,22+,23-,24-,25+,26+,27?,28+,29-,30+,31+,32-,33-,35+,36-,37-,38-/m1/s1. The van der Waals surface area contributed by atoms with E-state index >= 15 is 0 Å². The number of hydrogen-bond acceptors (Lipinski definition) is 15. The number of rotatable bonds is 7. The number of methoxy groups -OCH3 is 1. The van der Waals surface area contributed by atoms with Crippen LogP contribution in [0.2, 0.25) is 0 Å². The summed E-state index contributed by atoms with van der Waals surface area (Å²) in [6.07, 6.45) is -7.01. The van der Waals surface area contributed by atoms with E-state index in [2.05, 4.69) is 4.90 Å². The molecule has 4 aliphatic heterocycles. The Morgan fingerprint density at radius 3 is 2.26 bits per heavy atom. The summed E-state index contributed by atoms with van der Waals surface area (Å²) < 4.78 is 50.0. The van der Waals surface area contributed by atoms with E-state index in [1.807, 2.05) is 60.7 Å². The molecule has 16 heteroatoms. The number of fused-ring (bicyclic) bond motifs is 1. The molecule has 0 amide bonds. The maximum atomic E-state index is 14.4. The van der Waals surface area contributed by atoms with Crippen molar-refractivity contribution in [2.24, 2.45) is 17.8 Å². The Bertz CT molecular complexity index is 1240. The minimum Gasteiger partial charge on any atom is -0.459 e. The highest BCUT2D eigenvalue weighted by atomic mass is 16.7. The van der Waals surface area contributed by atoms with Crippen molar-refractivity contribution in [1.29, 1.82) is 0 Å². The first-order chi connectivity index (χ1) is 25.0. The van der Waals surface area contributed by atoms with Gasteiger partial charge in [0.15, 0.2) is 12.6 Å². The van der Waals surface area contributed by atoms with Gasteiger partial charge in [0.1, 0.15) is 23.9 Å². The van der Waals surface area contributed by atoms with Gasteiger partial charge in [0.2, 0.25) is 0 Å². The molecule has 4 rings (SSSR count). The largest absolute Gasteiger partial charge is 0.637 e. The van der Waals surface area contributed by atoms with Crippen molar-refractivity contribution >= 4 is 13.3 Å². The molecule has 4 heterocycles. The summed E-state index contributed by atoms with van der Waals surface area (Å²) in [6.45, 7) is 18.9. The molecule has 0 aromatic heterocycles. The Hall–Kier alpha value is -0.985. The smallest absolute Gasteiger partial charge is 0.459 e. The molecule has 0 bridgehead atoms. The molecule has 54 heavy (non-hydrogen) atoms. The number of cyclic esters (lactones) is 1. The van der Waals surface area contributed by atoms with Crippen molar-refractivity contribution in [2.45, 2.75) is 185 Å². The highest BCUT2D eigenvalue weighted by Crippen LogP contribution is 2.42. The van der Waals surface area contributed by atoms with Crippen molar-refractivity contribution in [3.63, 3.8) is 0 Å². The van der Waals surface area contributed by atoms with E-state index in [0.29, 0.717) is 19.4 Å². The lowest BCUT2D eigenvalue weighted by atomic mass is 9.77. The second kappa shape index (κ2) is 17.9. The lowest BCUT2D eigenvalue weighted by Gasteiger charge is -2.48. The van der Waals surface area contributed by atoms with Gasteiger partial charge in [0, 0.05) is 38.1 Å². The molecule has 18 atom stereocenters. The van der Waals surface area contributed by atoms with Crippen LogP contribution in [0.3, 0.4) is 0 Å². The molecule has 0 aliphatic carbocycles. The molecule has 314 valence electrons. The van der Waals surface area contributed by atoms with Gasteiger partial charge in [-0.3, -0.25) is 4.79 Å². The fourth-order valence-corrected chi connectivity index (χ4v) is 9.46. The minimum atomic E-state index is -1.53. The van der Waals surface area contributed by atoms with E-state index in [9.17, 15) is 25.1 Å². The lowest BCUT2D eigenvalue weighted by molar-refractivity contribution is -0.318. The van der Waals surface area contributed by atoms with Crippen LogP contribution in [0.15, 0.2) is 0 Å². The zero-order chi connectivity index (χ0) is 40.7. The van der Waals surface area contributed by atoms with Gasteiger partial charge in [0.25, 0.3) is 0 Å². The number of carbonyl (C=O) groups excluding carboxylic acids is 1. The third-order valence-electron chi connectivity index (χ3n) is 12.8. The number of aliphatic hydroxyl groups excluding tert-OH is 2. The number of likely N-dealkylation sites (N-methyl/N-ethyl adjacent to an activating group) is 2. The highest BCUT2D eigenvalue weighted by molar-refractivity contribution is 6.35. The number of ether oxygens (including phenoxy) is 6. The quantitative estimate of drug-likeness (QED) is 0.218. The van der Waals surface area contributed by atoms with Crippen molar-refractivity contribution in [3.05, 3.63) is 0 Å². The molecule has 0 aromatic carbocycles. The van der Waals surface area contributed by atoms with Crippen molar-refractivity contribution < 1.29 is 62.9 Å². The Kier molecular flexibility index (Phi) is 15.1. The van der Waals surface area contributed by atoms with Gasteiger partial charge in [-0.1, -0.05) is 20.8 Å². The van der Waals surface area contributed by atoms with E-state index < -0.39 is 97.2 Å². The van der Waals surface area contributed by atoms with Crippen LogP contribution in [-0.4, -0.2) is 169 Å². The van der Waals surface area contributed by atoms with E-state index in [-0.39, 0.29) is 36.9 Å². The molecule has 4 saturated heterocycles. The first kappa shape index (κ1) is 45.7. The fourth-order valence-electron chi connectivity index (χ4n) is 9.46. The zero-order valence-corrected chi connectivity index (χ0v) is 35.1. The predicted octanol–water partition coefficient (Wildman–Crippen LogP) is 1.94. The Balaban J connectivity index is 1.83. The summed E-state index contributed by atoms with van der Waals surface area (Å²) >= 11 is 0. The lowest BCUT2D eigenvalue weighted by Crippen LogP contribution is -2.60. The fraction of sp³-hybridized carbons (Fsp3) is 0.974. The first-order valence-corrected chi connectivity index (χ1v) is 19.8. The normalized spacial score (nSPS) is 49.3. The Labute approximate surface area is 323 Å². The van der Waals surface area contributed by atoms with E-state index in [1.54, 1.807) is 34.6 Å². The van der Waals surface area contributed by atoms with Gasteiger partial charge in [-0.2, -0.15) is 0 Å². The molecule has 0 spiro atoms. The van der Waals surface area contributed by atoms with Crippen LogP contribution in [0.5, 0.6) is 0 Å². The number of hydrogen-bond donors (Lipinski definition) is 4. The summed E-state index contributed by atoms with van der Waals surface area (Å²) in [5, 5.41) is 45.8. The highest BCUT2D eigenvalue weighted by Gasteiger charge is 2.58. The molecule has 1 unspecified atom stereocenters. The summed E-state index contributed by atoms with van der Waals surface area (Å²) in [4.78, 5) is 18.5. The van der Waals surface area contributed by atoms with Crippen LogP contribution in [-0.2, 0) is 42.5 Å². The van der Waals surface area contributed by atoms with E-state index in [1.165, 1.54) is 7.11 Å². The number of aliphatic hydroxyl groups is 3. The molecule has 0 aromatic rings. The predicted molar refractivity (Wildman–Crippen MR) is 200 cm³/mol. The zero-order valence-electron chi connectivity index (χ0n) is 35.1. The van der Waals surface area contributed by atoms with Gasteiger partial charge in [-0.05, 0) is 94.8 Å². The van der Waals surface area contributed by atoms with Crippen molar-refractivity contribution in [2.75, 3.05) is 34.8 Å². The molecule has 4 aliphatic rings. The summed E-state index contributed by atoms with van der Waals surface area (Å²) in [5.41, 5.74) is -3.75. The molecule has 15 nitrogen and oxygen atoms in total. The second-order valence-electron chi connectivity index (χ2n) is 17.7. The van der Waals surface area contributed by atoms with Gasteiger partial charge in [0.05, 0.1) is 47.6 Å². The van der Waals surface area contributed by atoms with Crippen LogP contribution in [0, 0.1) is 17.8 Å². The molecular formula is C38H71BN2O13. The average Bonchev–Trinajstić information content (AvgIpc) is 3.40. The van der Waals surface area contributed by atoms with Crippen LogP contribution < -0.4 is 0 Å². The molecule has 4 fully saturated rings. The van der Waals surface area contributed by atoms with Gasteiger partial charge in [-0.15, -0.1) is 0 Å². The van der Waals surface area contributed by atoms with Gasteiger partial charge in [-0.25, -0.2) is 0 Å². The van der Waals surface area contributed by atoms with Crippen molar-refractivity contribution in [3.8, 4) is 0 Å². The van der Waals surface area contributed by atoms with Crippen LogP contribution in [0.4, 0.5) is 0 Å². The topological polar surface area (TPSA) is 178 Å². The molecular weight excluding hydrogens is 703 g/mol. The number of nitrogens with zero attached hydrogens (tertiary/aromatic N) is 2. The maximum absolute atomic E-state index is 14.4. The number of carbonyl (C=O) groups is 1. The molecule has 4 N–H and O–H groups in total. The summed E-state index contributed by atoms with van der Waals surface area (Å²) in [5.74, 6) is -2.38. The third kappa shape index (κ3) is 9.65. The van der Waals surface area contributed by atoms with E-state index in [4.69, 9.17) is 37.7 Å². The van der Waals surface area contributed by atoms with Gasteiger partial charge < -0.3 is 67.9 Å². The second-order valence-corrected chi connectivity index (χ2v) is 17.7. The van der Waals surface area contributed by atoms with E-state index in [0.717, 1.165) is 0 Å². The summed E-state index contributed by atoms with van der Waals surface area (Å²) in [7, 11) is 5.76. The summed E-state index contributed by atoms with van der Waals surface area (Å²) in [6, 6.07) is -0.552. The Morgan fingerprint density at radius 1 is 1.02 bits per heavy atom. The molecule has 0 saturated carbocycles. The molecule has 0 radical (unpaired) electrons. The first-order valence-electron chi connectivity index (χ1n) is 19.8. The monoisotopic (exact) mass is 775 g/mol. The Morgan fingerprint density at radius 2 is 1.67 bits per heavy atom. The number of esters is 1. The third-order valence-corrected chi connectivity index (χ3v) is 12.8. The van der Waals surface area contributed by atoms with Crippen LogP contribution in [0.1, 0.15) is 94.9 Å². The SMILES string of the molecule is CCC1OC(=O)[C@H](C)[C@@H](O[C@H]2C[C@@](C)(OC)[C@@H](O)[C@H](C)O2)[C@H](C)[C@@H](O[C@@H]2O[C@H](C)C[C@H](N(C)C)[C@H]2O)[C@](C)(O)C[C@@H](C)CN(C)[C@H](C)[C@H]2OB(O)O[C@]12C. The van der Waals surface area contributed by atoms with Crippen LogP contribution in [0.25, 0.3) is 0 Å².